The first-order valence-corrected chi connectivity index (χ1v) is 8.22. The van der Waals surface area contributed by atoms with Gasteiger partial charge in [-0.2, -0.15) is 5.10 Å². The Morgan fingerprint density at radius 1 is 1.30 bits per heavy atom. The maximum atomic E-state index is 12.3. The summed E-state index contributed by atoms with van der Waals surface area (Å²) in [6.07, 6.45) is 12.2. The minimum absolute atomic E-state index is 0.157. The molecule has 0 saturated heterocycles. The molecule has 0 bridgehead atoms. The molecule has 1 spiro atoms. The second-order valence-corrected chi connectivity index (χ2v) is 6.59. The number of nitrogens with one attached hydrogen (secondary N) is 2. The van der Waals surface area contributed by atoms with E-state index in [1.165, 1.54) is 32.1 Å². The zero-order valence-electron chi connectivity index (χ0n) is 13.0. The van der Waals surface area contributed by atoms with Crippen molar-refractivity contribution in [2.75, 3.05) is 0 Å². The first-order chi connectivity index (χ1) is 11.3. The lowest BCUT2D eigenvalue weighted by molar-refractivity contribution is -0.123. The molecule has 2 saturated carbocycles. The molecule has 2 N–H and O–H groups in total. The van der Waals surface area contributed by atoms with Gasteiger partial charge in [-0.3, -0.25) is 14.9 Å². The van der Waals surface area contributed by atoms with Crippen LogP contribution >= 0.6 is 0 Å². The second-order valence-electron chi connectivity index (χ2n) is 6.59. The summed E-state index contributed by atoms with van der Waals surface area (Å²) in [7, 11) is 0. The second kappa shape index (κ2) is 5.72. The van der Waals surface area contributed by atoms with Gasteiger partial charge in [0.25, 0.3) is 0 Å². The molecule has 1 amide bonds. The highest BCUT2D eigenvalue weighted by molar-refractivity contribution is 5.82. The van der Waals surface area contributed by atoms with Crippen molar-refractivity contribution in [3.8, 4) is 11.5 Å². The summed E-state index contributed by atoms with van der Waals surface area (Å²) < 4.78 is 0. The highest BCUT2D eigenvalue weighted by atomic mass is 16.2. The van der Waals surface area contributed by atoms with E-state index in [1.807, 2.05) is 0 Å². The van der Waals surface area contributed by atoms with Crippen LogP contribution in [0.1, 0.15) is 44.3 Å². The molecule has 1 unspecified atom stereocenters. The number of carbonyl (C=O) groups excluding carboxylic acids is 1. The molecule has 2 heterocycles. The van der Waals surface area contributed by atoms with Crippen molar-refractivity contribution < 1.29 is 4.79 Å². The molecule has 23 heavy (non-hydrogen) atoms. The monoisotopic (exact) mass is 312 g/mol. The molecule has 2 aliphatic rings. The molecule has 7 nitrogen and oxygen atoms in total. The summed E-state index contributed by atoms with van der Waals surface area (Å²) in [5, 5.41) is 9.95. The summed E-state index contributed by atoms with van der Waals surface area (Å²) in [6, 6.07) is 0. The minimum Gasteiger partial charge on any atom is -0.349 e. The van der Waals surface area contributed by atoms with Crippen LogP contribution in [0.15, 0.2) is 18.6 Å². The number of nitrogens with zero attached hydrogens (tertiary/aromatic N) is 4. The number of carbonyl (C=O) groups is 1. The van der Waals surface area contributed by atoms with E-state index in [9.17, 15) is 4.79 Å². The fourth-order valence-electron chi connectivity index (χ4n) is 3.72. The lowest BCUT2D eigenvalue weighted by atomic mass is 9.84. The predicted octanol–water partition coefficient (Wildman–Crippen LogP) is 1.85. The van der Waals surface area contributed by atoms with Crippen LogP contribution in [0.5, 0.6) is 0 Å². The van der Waals surface area contributed by atoms with Gasteiger partial charge in [-0.05, 0) is 24.7 Å². The SMILES string of the molecule is O=C(NCc1nc(-c2cnccn2)n[nH]1)C1CC12CCCCC2. The Balaban J connectivity index is 1.33. The normalized spacial score (nSPS) is 22.0. The Kier molecular flexibility index (Phi) is 3.55. The first kappa shape index (κ1) is 14.3. The van der Waals surface area contributed by atoms with Crippen LogP contribution < -0.4 is 5.32 Å². The van der Waals surface area contributed by atoms with Crippen molar-refractivity contribution >= 4 is 5.91 Å². The Labute approximate surface area is 134 Å². The molecule has 2 fully saturated rings. The Morgan fingerprint density at radius 2 is 2.17 bits per heavy atom. The zero-order chi connectivity index (χ0) is 15.7. The molecule has 1 atom stereocenters. The molecule has 120 valence electrons. The number of hydrogen-bond acceptors (Lipinski definition) is 5. The van der Waals surface area contributed by atoms with E-state index >= 15 is 0 Å². The van der Waals surface area contributed by atoms with E-state index in [2.05, 4.69) is 30.5 Å². The fourth-order valence-corrected chi connectivity index (χ4v) is 3.72. The third-order valence-electron chi connectivity index (χ3n) is 5.11. The van der Waals surface area contributed by atoms with E-state index in [0.29, 0.717) is 29.3 Å². The number of rotatable bonds is 4. The van der Waals surface area contributed by atoms with Crippen LogP contribution in [0, 0.1) is 11.3 Å². The van der Waals surface area contributed by atoms with Crippen LogP contribution in [0.2, 0.25) is 0 Å². The fraction of sp³-hybridized carbons (Fsp3) is 0.562. The van der Waals surface area contributed by atoms with Crippen LogP contribution in [0.25, 0.3) is 11.5 Å². The predicted molar refractivity (Wildman–Crippen MR) is 82.9 cm³/mol. The molecular formula is C16H20N6O. The van der Waals surface area contributed by atoms with Crippen molar-refractivity contribution in [2.24, 2.45) is 11.3 Å². The van der Waals surface area contributed by atoms with Gasteiger partial charge in [-0.15, -0.1) is 0 Å². The van der Waals surface area contributed by atoms with Crippen molar-refractivity contribution in [1.29, 1.82) is 0 Å². The quantitative estimate of drug-likeness (QED) is 0.898. The van der Waals surface area contributed by atoms with Gasteiger partial charge in [-0.1, -0.05) is 19.3 Å². The third kappa shape index (κ3) is 2.83. The number of aromatic amines is 1. The Bertz CT molecular complexity index is 692. The minimum atomic E-state index is 0.157. The number of H-pyrrole nitrogens is 1. The number of hydrogen-bond donors (Lipinski definition) is 2. The van der Waals surface area contributed by atoms with Crippen molar-refractivity contribution in [3.63, 3.8) is 0 Å². The summed E-state index contributed by atoms with van der Waals surface area (Å²) in [5.41, 5.74) is 0.929. The van der Waals surface area contributed by atoms with Gasteiger partial charge in [0.1, 0.15) is 11.5 Å². The van der Waals surface area contributed by atoms with Crippen molar-refractivity contribution in [1.82, 2.24) is 30.5 Å². The third-order valence-corrected chi connectivity index (χ3v) is 5.11. The smallest absolute Gasteiger partial charge is 0.224 e. The molecule has 7 heteroatoms. The van der Waals surface area contributed by atoms with Gasteiger partial charge in [0.15, 0.2) is 0 Å². The maximum Gasteiger partial charge on any atom is 0.224 e. The lowest BCUT2D eigenvalue weighted by Gasteiger charge is -2.21. The zero-order valence-corrected chi connectivity index (χ0v) is 13.0. The van der Waals surface area contributed by atoms with E-state index < -0.39 is 0 Å². The Morgan fingerprint density at radius 3 is 2.96 bits per heavy atom. The number of aromatic nitrogens is 5. The molecule has 0 radical (unpaired) electrons. The molecule has 2 aromatic heterocycles. The average Bonchev–Trinajstić information content (AvgIpc) is 3.08. The van der Waals surface area contributed by atoms with E-state index in [0.717, 1.165) is 6.42 Å². The standard InChI is InChI=1S/C16H20N6O/c23-15(11-8-16(11)4-2-1-3-5-16)19-10-13-20-14(22-21-13)12-9-17-6-7-18-12/h6-7,9,11H,1-5,8,10H2,(H,19,23)(H,20,21,22). The Hall–Kier alpha value is -2.31. The average molecular weight is 312 g/mol. The van der Waals surface area contributed by atoms with E-state index in [-0.39, 0.29) is 11.8 Å². The molecule has 0 aromatic carbocycles. The van der Waals surface area contributed by atoms with Gasteiger partial charge >= 0.3 is 0 Å². The van der Waals surface area contributed by atoms with Gasteiger partial charge < -0.3 is 5.32 Å². The first-order valence-electron chi connectivity index (χ1n) is 8.22. The van der Waals surface area contributed by atoms with Crippen molar-refractivity contribution in [3.05, 3.63) is 24.4 Å². The molecular weight excluding hydrogens is 292 g/mol. The lowest BCUT2D eigenvalue weighted by Crippen LogP contribution is -2.28. The van der Waals surface area contributed by atoms with Crippen LogP contribution in [-0.2, 0) is 11.3 Å². The van der Waals surface area contributed by atoms with E-state index in [1.54, 1.807) is 18.6 Å². The topological polar surface area (TPSA) is 96.5 Å². The summed E-state index contributed by atoms with van der Waals surface area (Å²) in [4.78, 5) is 24.8. The van der Waals surface area contributed by atoms with Gasteiger partial charge in [0, 0.05) is 18.3 Å². The summed E-state index contributed by atoms with van der Waals surface area (Å²) >= 11 is 0. The van der Waals surface area contributed by atoms with Gasteiger partial charge in [0.05, 0.1) is 12.7 Å². The van der Waals surface area contributed by atoms with Crippen molar-refractivity contribution in [2.45, 2.75) is 45.1 Å². The van der Waals surface area contributed by atoms with Gasteiger partial charge in [0.2, 0.25) is 11.7 Å². The summed E-state index contributed by atoms with van der Waals surface area (Å²) in [5.74, 6) is 1.49. The molecule has 2 aromatic rings. The van der Waals surface area contributed by atoms with E-state index in [4.69, 9.17) is 0 Å². The van der Waals surface area contributed by atoms with Crippen LogP contribution in [0.3, 0.4) is 0 Å². The molecule has 0 aliphatic heterocycles. The summed E-state index contributed by atoms with van der Waals surface area (Å²) in [6.45, 7) is 0.374. The number of amides is 1. The molecule has 4 rings (SSSR count). The highest BCUT2D eigenvalue weighted by Gasteiger charge is 2.57. The highest BCUT2D eigenvalue weighted by Crippen LogP contribution is 2.61. The maximum absolute atomic E-state index is 12.3. The molecule has 2 aliphatic carbocycles. The van der Waals surface area contributed by atoms with Crippen LogP contribution in [-0.4, -0.2) is 31.1 Å². The van der Waals surface area contributed by atoms with Crippen LogP contribution in [0.4, 0.5) is 0 Å². The van der Waals surface area contributed by atoms with Gasteiger partial charge in [-0.25, -0.2) is 9.97 Å². The largest absolute Gasteiger partial charge is 0.349 e.